The second-order valence-electron chi connectivity index (χ2n) is 8.27. The lowest BCUT2D eigenvalue weighted by Gasteiger charge is -2.38. The fourth-order valence-corrected chi connectivity index (χ4v) is 6.94. The summed E-state index contributed by atoms with van der Waals surface area (Å²) in [5.74, 6) is -0.281. The number of rotatable bonds is 6. The Balaban J connectivity index is 0.00000204. The van der Waals surface area contributed by atoms with Gasteiger partial charge in [-0.1, -0.05) is 42.5 Å². The van der Waals surface area contributed by atoms with Crippen LogP contribution >= 0.6 is 40.7 Å². The maximum absolute atomic E-state index is 13.1. The van der Waals surface area contributed by atoms with Crippen LogP contribution in [0.5, 0.6) is 0 Å². The minimum Gasteiger partial charge on any atom is -0.459 e. The first-order valence-electron chi connectivity index (χ1n) is 10.8. The molecule has 0 amide bonds. The molecule has 2 aliphatic rings. The van der Waals surface area contributed by atoms with Gasteiger partial charge in [-0.05, 0) is 33.6 Å². The molecule has 2 aromatic rings. The largest absolute Gasteiger partial charge is 0.459 e. The summed E-state index contributed by atoms with van der Waals surface area (Å²) in [6.07, 6.45) is -0.220. The monoisotopic (exact) mass is 593 g/mol. The average molecular weight is 595 g/mol. The molecular weight excluding hydrogens is 565 g/mol. The van der Waals surface area contributed by atoms with E-state index in [2.05, 4.69) is 37.9 Å². The predicted molar refractivity (Wildman–Crippen MR) is 140 cm³/mol. The Morgan fingerprint density at radius 2 is 1.59 bits per heavy atom. The Morgan fingerprint density at radius 1 is 0.971 bits per heavy atom. The van der Waals surface area contributed by atoms with Gasteiger partial charge in [-0.3, -0.25) is 14.6 Å². The smallest absolute Gasteiger partial charge is 0.303 e. The first kappa shape index (κ1) is 29.0. The number of sulfonamides is 1. The Morgan fingerprint density at radius 3 is 2.21 bits per heavy atom. The third kappa shape index (κ3) is 6.72. The number of nitrogens with zero attached hydrogens (tertiary/aromatic N) is 3. The van der Waals surface area contributed by atoms with Gasteiger partial charge in [0.1, 0.15) is 6.10 Å². The molecule has 2 saturated heterocycles. The number of halogens is 3. The van der Waals surface area contributed by atoms with Gasteiger partial charge in [0.25, 0.3) is 0 Å². The maximum atomic E-state index is 13.1. The van der Waals surface area contributed by atoms with E-state index in [0.29, 0.717) is 42.1 Å². The molecule has 0 saturated carbocycles. The third-order valence-electron chi connectivity index (χ3n) is 6.08. The number of benzene rings is 2. The van der Waals surface area contributed by atoms with Gasteiger partial charge < -0.3 is 4.74 Å². The van der Waals surface area contributed by atoms with E-state index in [1.54, 1.807) is 28.6 Å². The van der Waals surface area contributed by atoms with E-state index in [0.717, 1.165) is 13.1 Å². The molecule has 2 heterocycles. The molecule has 0 radical (unpaired) electrons. The summed E-state index contributed by atoms with van der Waals surface area (Å²) >= 11 is 3.36. The van der Waals surface area contributed by atoms with Crippen molar-refractivity contribution in [3.05, 3.63) is 64.6 Å². The summed E-state index contributed by atoms with van der Waals surface area (Å²) < 4.78 is 34.0. The number of ether oxygens (including phenoxy) is 1. The fraction of sp³-hybridized carbons (Fsp3) is 0.435. The summed E-state index contributed by atoms with van der Waals surface area (Å²) in [7, 11) is -3.56. The van der Waals surface area contributed by atoms with Crippen molar-refractivity contribution in [2.45, 2.75) is 30.5 Å². The number of esters is 1. The van der Waals surface area contributed by atoms with E-state index >= 15 is 0 Å². The van der Waals surface area contributed by atoms with Crippen LogP contribution < -0.4 is 0 Å². The Kier molecular flexibility index (Phi) is 10.8. The molecule has 0 aliphatic carbocycles. The van der Waals surface area contributed by atoms with Crippen molar-refractivity contribution in [2.75, 3.05) is 39.3 Å². The van der Waals surface area contributed by atoms with Gasteiger partial charge in [-0.15, -0.1) is 24.8 Å². The molecule has 34 heavy (non-hydrogen) atoms. The van der Waals surface area contributed by atoms with Crippen LogP contribution in [0.15, 0.2) is 64.0 Å². The second-order valence-corrected chi connectivity index (χ2v) is 11.0. The molecule has 7 nitrogen and oxygen atoms in total. The van der Waals surface area contributed by atoms with E-state index < -0.39 is 10.0 Å². The van der Waals surface area contributed by atoms with Crippen LogP contribution in [0, 0.1) is 0 Å². The van der Waals surface area contributed by atoms with Crippen molar-refractivity contribution in [1.82, 2.24) is 14.1 Å². The zero-order valence-corrected chi connectivity index (χ0v) is 22.9. The van der Waals surface area contributed by atoms with Crippen LogP contribution in [0.1, 0.15) is 12.5 Å². The number of carbonyl (C=O) groups is 1. The second kappa shape index (κ2) is 12.7. The molecule has 2 unspecified atom stereocenters. The number of likely N-dealkylation sites (tertiary alicyclic amines) is 1. The number of hydrogen-bond donors (Lipinski definition) is 0. The van der Waals surface area contributed by atoms with E-state index in [1.165, 1.54) is 12.5 Å². The minimum absolute atomic E-state index is 0. The van der Waals surface area contributed by atoms with Crippen LogP contribution in [-0.4, -0.2) is 79.9 Å². The van der Waals surface area contributed by atoms with Crippen molar-refractivity contribution < 1.29 is 17.9 Å². The number of carbonyl (C=O) groups excluding carboxylic acids is 1. The van der Waals surface area contributed by atoms with E-state index in [-0.39, 0.29) is 42.9 Å². The lowest BCUT2D eigenvalue weighted by atomic mass is 10.1. The Bertz CT molecular complexity index is 1050. The van der Waals surface area contributed by atoms with E-state index in [4.69, 9.17) is 4.74 Å². The van der Waals surface area contributed by atoms with Gasteiger partial charge in [-0.2, -0.15) is 4.31 Å². The summed E-state index contributed by atoms with van der Waals surface area (Å²) in [6, 6.07) is 17.2. The lowest BCUT2D eigenvalue weighted by molar-refractivity contribution is -0.148. The summed E-state index contributed by atoms with van der Waals surface area (Å²) in [4.78, 5) is 16.6. The molecule has 0 N–H and O–H groups in total. The zero-order chi connectivity index (χ0) is 22.7. The molecule has 0 bridgehead atoms. The van der Waals surface area contributed by atoms with Crippen molar-refractivity contribution >= 4 is 56.7 Å². The van der Waals surface area contributed by atoms with Crippen LogP contribution in [0.2, 0.25) is 0 Å². The molecule has 0 aromatic heterocycles. The molecule has 11 heteroatoms. The van der Waals surface area contributed by atoms with Gasteiger partial charge in [0.15, 0.2) is 0 Å². The van der Waals surface area contributed by atoms with Crippen LogP contribution in [0.4, 0.5) is 0 Å². The highest BCUT2D eigenvalue weighted by Gasteiger charge is 2.41. The Labute approximate surface area is 222 Å². The van der Waals surface area contributed by atoms with Crippen LogP contribution in [0.25, 0.3) is 0 Å². The van der Waals surface area contributed by atoms with Crippen molar-refractivity contribution in [2.24, 2.45) is 0 Å². The summed E-state index contributed by atoms with van der Waals surface area (Å²) in [5.41, 5.74) is 1.22. The predicted octanol–water partition coefficient (Wildman–Crippen LogP) is 3.42. The number of piperazine rings is 1. The maximum Gasteiger partial charge on any atom is 0.303 e. The van der Waals surface area contributed by atoms with Gasteiger partial charge in [0.05, 0.1) is 10.9 Å². The van der Waals surface area contributed by atoms with Gasteiger partial charge in [0, 0.05) is 57.2 Å². The molecular formula is C23H30BrCl2N3O4S. The van der Waals surface area contributed by atoms with Crippen LogP contribution in [-0.2, 0) is 26.1 Å². The topological polar surface area (TPSA) is 70.2 Å². The standard InChI is InChI=1S/C23H28BrN3O4S.2ClH/c1-18(28)31-22-17-25(15-19-7-3-2-4-8-19)16-21(22)26-11-13-27(14-12-26)32(29,30)23-10-6-5-9-20(23)24;;/h2-10,21-22H,11-17H2,1H3;2*1H. The molecule has 188 valence electrons. The zero-order valence-electron chi connectivity index (χ0n) is 18.9. The molecule has 2 fully saturated rings. The van der Waals surface area contributed by atoms with Crippen molar-refractivity contribution in [3.63, 3.8) is 0 Å². The van der Waals surface area contributed by atoms with E-state index in [9.17, 15) is 13.2 Å². The third-order valence-corrected chi connectivity index (χ3v) is 8.99. The normalized spacial score (nSPS) is 21.9. The Hall–Kier alpha value is -1.20. The quantitative estimate of drug-likeness (QED) is 0.477. The molecule has 2 aliphatic heterocycles. The van der Waals surface area contributed by atoms with Gasteiger partial charge >= 0.3 is 5.97 Å². The highest BCUT2D eigenvalue weighted by molar-refractivity contribution is 9.10. The van der Waals surface area contributed by atoms with Crippen molar-refractivity contribution in [1.29, 1.82) is 0 Å². The summed E-state index contributed by atoms with van der Waals surface area (Å²) in [6.45, 7) is 5.72. The molecule has 0 spiro atoms. The highest BCUT2D eigenvalue weighted by atomic mass is 79.9. The van der Waals surface area contributed by atoms with E-state index in [1.807, 2.05) is 18.2 Å². The van der Waals surface area contributed by atoms with Crippen LogP contribution in [0.3, 0.4) is 0 Å². The summed E-state index contributed by atoms with van der Waals surface area (Å²) in [5, 5.41) is 0. The van der Waals surface area contributed by atoms with Gasteiger partial charge in [0.2, 0.25) is 10.0 Å². The fourth-order valence-electron chi connectivity index (χ4n) is 4.55. The number of hydrogen-bond acceptors (Lipinski definition) is 6. The molecule has 4 rings (SSSR count). The first-order chi connectivity index (χ1) is 15.3. The molecule has 2 atom stereocenters. The van der Waals surface area contributed by atoms with Crippen molar-refractivity contribution in [3.8, 4) is 0 Å². The highest BCUT2D eigenvalue weighted by Crippen LogP contribution is 2.27. The first-order valence-corrected chi connectivity index (χ1v) is 13.0. The minimum atomic E-state index is -3.56. The average Bonchev–Trinajstić information content (AvgIpc) is 3.16. The molecule has 2 aromatic carbocycles. The van der Waals surface area contributed by atoms with Gasteiger partial charge in [-0.25, -0.2) is 8.42 Å². The lowest BCUT2D eigenvalue weighted by Crippen LogP contribution is -2.55. The SMILES string of the molecule is CC(=O)OC1CN(Cc2ccccc2)CC1N1CCN(S(=O)(=O)c2ccccc2Br)CC1.Cl.Cl.